The zero-order chi connectivity index (χ0) is 15.8. The number of rotatable bonds is 3. The molecule has 1 aliphatic rings. The van der Waals surface area contributed by atoms with Crippen LogP contribution in [0.15, 0.2) is 17.0 Å². The lowest BCUT2D eigenvalue weighted by atomic mass is 9.85. The molecule has 0 radical (unpaired) electrons. The van der Waals surface area contributed by atoms with E-state index in [9.17, 15) is 8.42 Å². The van der Waals surface area contributed by atoms with Gasteiger partial charge in [-0.2, -0.15) is 4.31 Å². The molecule has 0 bridgehead atoms. The van der Waals surface area contributed by atoms with E-state index in [1.54, 1.807) is 6.07 Å². The third-order valence-corrected chi connectivity index (χ3v) is 6.64. The molecule has 1 saturated heterocycles. The van der Waals surface area contributed by atoms with Gasteiger partial charge in [-0.25, -0.2) is 8.42 Å². The van der Waals surface area contributed by atoms with E-state index in [-0.39, 0.29) is 21.2 Å². The molecule has 1 aliphatic heterocycles. The average Bonchev–Trinajstić information content (AvgIpc) is 2.39. The van der Waals surface area contributed by atoms with Crippen LogP contribution in [0, 0.1) is 5.41 Å². The second-order valence-electron chi connectivity index (χ2n) is 6.12. The van der Waals surface area contributed by atoms with Crippen LogP contribution in [0.4, 0.5) is 0 Å². The minimum atomic E-state index is -3.66. The van der Waals surface area contributed by atoms with Crippen molar-refractivity contribution in [1.29, 1.82) is 0 Å². The van der Waals surface area contributed by atoms with E-state index in [1.165, 1.54) is 10.4 Å². The van der Waals surface area contributed by atoms with Crippen LogP contribution in [0.25, 0.3) is 0 Å². The van der Waals surface area contributed by atoms with E-state index < -0.39 is 10.0 Å². The molecule has 7 heteroatoms. The number of hydrogen-bond donors (Lipinski definition) is 0. The van der Waals surface area contributed by atoms with E-state index in [0.29, 0.717) is 23.7 Å². The summed E-state index contributed by atoms with van der Waals surface area (Å²) < 4.78 is 27.2. The summed E-state index contributed by atoms with van der Waals surface area (Å²) >= 11 is 18.0. The lowest BCUT2D eigenvalue weighted by Gasteiger charge is -2.37. The largest absolute Gasteiger partial charge is 0.244 e. The van der Waals surface area contributed by atoms with Crippen molar-refractivity contribution in [2.45, 2.75) is 37.5 Å². The summed E-state index contributed by atoms with van der Waals surface area (Å²) in [5, 5.41) is 0.489. The predicted molar refractivity (Wildman–Crippen MR) is 87.8 cm³/mol. The van der Waals surface area contributed by atoms with Crippen LogP contribution >= 0.6 is 34.8 Å². The zero-order valence-corrected chi connectivity index (χ0v) is 15.1. The molecule has 0 saturated carbocycles. The maximum atomic E-state index is 12.9. The highest BCUT2D eigenvalue weighted by atomic mass is 35.5. The molecule has 0 amide bonds. The van der Waals surface area contributed by atoms with E-state index in [1.807, 2.05) is 0 Å². The third kappa shape index (κ3) is 3.67. The van der Waals surface area contributed by atoms with Gasteiger partial charge in [0, 0.05) is 24.0 Å². The highest BCUT2D eigenvalue weighted by Gasteiger charge is 2.35. The molecule has 0 atom stereocenters. The number of benzene rings is 1. The monoisotopic (exact) mass is 369 g/mol. The number of piperidine rings is 1. The van der Waals surface area contributed by atoms with E-state index >= 15 is 0 Å². The summed E-state index contributed by atoms with van der Waals surface area (Å²) in [5.74, 6) is 0.118. The van der Waals surface area contributed by atoms with Crippen molar-refractivity contribution in [1.82, 2.24) is 4.31 Å². The van der Waals surface area contributed by atoms with Gasteiger partial charge in [0.1, 0.15) is 4.90 Å². The lowest BCUT2D eigenvalue weighted by Crippen LogP contribution is -2.43. The summed E-state index contributed by atoms with van der Waals surface area (Å²) in [6, 6.07) is 2.99. The van der Waals surface area contributed by atoms with Gasteiger partial charge in [0.2, 0.25) is 10.0 Å². The van der Waals surface area contributed by atoms with Crippen LogP contribution in [0.3, 0.4) is 0 Å². The molecule has 1 aromatic carbocycles. The molecule has 0 spiro atoms. The third-order valence-electron chi connectivity index (χ3n) is 3.71. The van der Waals surface area contributed by atoms with Crippen LogP contribution in [0.2, 0.25) is 10.0 Å². The molecule has 0 N–H and O–H groups in total. The Morgan fingerprint density at radius 1 is 1.29 bits per heavy atom. The Bertz CT molecular complexity index is 644. The van der Waals surface area contributed by atoms with Gasteiger partial charge in [0.05, 0.1) is 5.02 Å². The van der Waals surface area contributed by atoms with Crippen molar-refractivity contribution >= 4 is 44.8 Å². The summed E-state index contributed by atoms with van der Waals surface area (Å²) in [6.07, 6.45) is 1.85. The minimum Gasteiger partial charge on any atom is -0.207 e. The normalized spacial score (nSPS) is 19.7. The fourth-order valence-electron chi connectivity index (χ4n) is 2.62. The summed E-state index contributed by atoms with van der Waals surface area (Å²) in [5.41, 5.74) is 0.492. The standard InChI is InChI=1S/C14H18Cl3NO2S/c1-14(2)4-3-5-18(9-14)21(19,20)12-7-11(16)6-10(8-15)13(12)17/h6-7H,3-5,8-9H2,1-2H3. The highest BCUT2D eigenvalue weighted by molar-refractivity contribution is 7.89. The van der Waals surface area contributed by atoms with E-state index in [0.717, 1.165) is 12.8 Å². The molecule has 0 aliphatic carbocycles. The summed E-state index contributed by atoms with van der Waals surface area (Å²) in [7, 11) is -3.66. The van der Waals surface area contributed by atoms with Crippen LogP contribution in [0.1, 0.15) is 32.3 Å². The van der Waals surface area contributed by atoms with Crippen molar-refractivity contribution in [2.75, 3.05) is 13.1 Å². The second-order valence-corrected chi connectivity index (χ2v) is 9.11. The minimum absolute atomic E-state index is 0.0360. The first kappa shape index (κ1) is 17.4. The Kier molecular flexibility index (Phi) is 5.16. The van der Waals surface area contributed by atoms with Crippen LogP contribution in [0.5, 0.6) is 0 Å². The van der Waals surface area contributed by atoms with Gasteiger partial charge in [-0.15, -0.1) is 11.6 Å². The molecule has 21 heavy (non-hydrogen) atoms. The number of hydrogen-bond acceptors (Lipinski definition) is 2. The Hall–Kier alpha value is -0.000000000000000111. The number of sulfonamides is 1. The molecule has 2 rings (SSSR count). The van der Waals surface area contributed by atoms with Crippen LogP contribution < -0.4 is 0 Å². The molecule has 0 unspecified atom stereocenters. The Labute approximate surface area is 141 Å². The highest BCUT2D eigenvalue weighted by Crippen LogP contribution is 2.36. The average molecular weight is 371 g/mol. The quantitative estimate of drug-likeness (QED) is 0.732. The lowest BCUT2D eigenvalue weighted by molar-refractivity contribution is 0.187. The van der Waals surface area contributed by atoms with Crippen molar-refractivity contribution in [3.05, 3.63) is 27.7 Å². The van der Waals surface area contributed by atoms with Crippen LogP contribution in [-0.2, 0) is 15.9 Å². The maximum absolute atomic E-state index is 12.9. The SMILES string of the molecule is CC1(C)CCCN(S(=O)(=O)c2cc(Cl)cc(CCl)c2Cl)C1. The molecule has 0 aromatic heterocycles. The molecular weight excluding hydrogens is 353 g/mol. The molecule has 118 valence electrons. The van der Waals surface area contributed by atoms with E-state index in [2.05, 4.69) is 13.8 Å². The van der Waals surface area contributed by atoms with Gasteiger partial charge in [-0.1, -0.05) is 37.0 Å². The van der Waals surface area contributed by atoms with Gasteiger partial charge in [0.25, 0.3) is 0 Å². The molecule has 1 heterocycles. The Morgan fingerprint density at radius 3 is 2.52 bits per heavy atom. The summed E-state index contributed by atoms with van der Waals surface area (Å²) in [6.45, 7) is 5.12. The van der Waals surface area contributed by atoms with Gasteiger partial charge >= 0.3 is 0 Å². The van der Waals surface area contributed by atoms with Gasteiger partial charge < -0.3 is 0 Å². The molecular formula is C14H18Cl3NO2S. The number of nitrogens with zero attached hydrogens (tertiary/aromatic N) is 1. The zero-order valence-electron chi connectivity index (χ0n) is 12.0. The topological polar surface area (TPSA) is 37.4 Å². The predicted octanol–water partition coefficient (Wildman–Crippen LogP) is 4.54. The summed E-state index contributed by atoms with van der Waals surface area (Å²) in [4.78, 5) is 0.0463. The van der Waals surface area contributed by atoms with Crippen molar-refractivity contribution < 1.29 is 8.42 Å². The van der Waals surface area contributed by atoms with Gasteiger partial charge in [-0.05, 0) is 36.0 Å². The van der Waals surface area contributed by atoms with E-state index in [4.69, 9.17) is 34.8 Å². The first-order valence-electron chi connectivity index (χ1n) is 6.71. The molecule has 1 fully saturated rings. The smallest absolute Gasteiger partial charge is 0.207 e. The van der Waals surface area contributed by atoms with Gasteiger partial charge in [0.15, 0.2) is 0 Å². The fraction of sp³-hybridized carbons (Fsp3) is 0.571. The Balaban J connectivity index is 2.47. The maximum Gasteiger partial charge on any atom is 0.244 e. The Morgan fingerprint density at radius 2 is 1.95 bits per heavy atom. The second kappa shape index (κ2) is 6.25. The van der Waals surface area contributed by atoms with Crippen molar-refractivity contribution in [3.63, 3.8) is 0 Å². The van der Waals surface area contributed by atoms with Gasteiger partial charge in [-0.3, -0.25) is 0 Å². The van der Waals surface area contributed by atoms with Crippen molar-refractivity contribution in [3.8, 4) is 0 Å². The van der Waals surface area contributed by atoms with Crippen molar-refractivity contribution in [2.24, 2.45) is 5.41 Å². The molecule has 3 nitrogen and oxygen atoms in total. The fourth-order valence-corrected chi connectivity index (χ4v) is 5.47. The number of halogens is 3. The number of alkyl halides is 1. The first-order chi connectivity index (χ1) is 9.67. The molecule has 1 aromatic rings. The first-order valence-corrected chi connectivity index (χ1v) is 9.44. The van der Waals surface area contributed by atoms with Crippen LogP contribution in [-0.4, -0.2) is 25.8 Å².